The average molecular weight is 364 g/mol. The number of halogens is 1. The lowest BCUT2D eigenvalue weighted by molar-refractivity contribution is -0.0251. The highest BCUT2D eigenvalue weighted by atomic mass is 35.5. The number of rotatable bonds is 6. The molecule has 7 heteroatoms. The van der Waals surface area contributed by atoms with Crippen molar-refractivity contribution in [2.24, 2.45) is 5.92 Å². The Labute approximate surface area is 151 Å². The van der Waals surface area contributed by atoms with Crippen molar-refractivity contribution < 1.29 is 14.3 Å². The second kappa shape index (κ2) is 8.36. The van der Waals surface area contributed by atoms with Gasteiger partial charge in [-0.25, -0.2) is 0 Å². The number of H-pyrrole nitrogens is 1. The van der Waals surface area contributed by atoms with E-state index in [1.165, 1.54) is 0 Å². The predicted octanol–water partition coefficient (Wildman–Crippen LogP) is 2.98. The lowest BCUT2D eigenvalue weighted by Crippen LogP contribution is -2.38. The maximum absolute atomic E-state index is 12.1. The summed E-state index contributed by atoms with van der Waals surface area (Å²) in [7, 11) is 0. The molecule has 2 aromatic rings. The van der Waals surface area contributed by atoms with Crippen LogP contribution in [0.2, 0.25) is 5.02 Å². The van der Waals surface area contributed by atoms with E-state index in [2.05, 4.69) is 15.5 Å². The van der Waals surface area contributed by atoms with Gasteiger partial charge in [0.1, 0.15) is 5.75 Å². The molecule has 1 amide bonds. The average Bonchev–Trinajstić information content (AvgIpc) is 3.06. The summed E-state index contributed by atoms with van der Waals surface area (Å²) in [5.74, 6) is 1.05. The molecule has 1 saturated heterocycles. The SMILES string of the molecule is Cc1n[nH]cc1C(=O)NC[C@H]1CC[C@@H](COc2ccc(Cl)cc2)CO1. The molecule has 1 aromatic carbocycles. The second-order valence-electron chi connectivity index (χ2n) is 6.26. The topological polar surface area (TPSA) is 76.2 Å². The van der Waals surface area contributed by atoms with E-state index in [1.54, 1.807) is 13.1 Å². The first-order valence-corrected chi connectivity index (χ1v) is 8.78. The summed E-state index contributed by atoms with van der Waals surface area (Å²) in [6.45, 7) is 3.57. The van der Waals surface area contributed by atoms with Gasteiger partial charge in [-0.1, -0.05) is 11.6 Å². The standard InChI is InChI=1S/C18H22ClN3O3/c1-12-17(9-21-22-12)18(23)20-8-16-5-2-13(11-25-16)10-24-15-6-3-14(19)4-7-15/h3-4,6-7,9,13,16H,2,5,8,10-11H2,1H3,(H,20,23)(H,21,22)/t13-,16+/m0/s1. The van der Waals surface area contributed by atoms with Crippen LogP contribution in [0.3, 0.4) is 0 Å². The zero-order chi connectivity index (χ0) is 17.6. The van der Waals surface area contributed by atoms with Crippen molar-refractivity contribution in [3.05, 3.63) is 46.7 Å². The van der Waals surface area contributed by atoms with E-state index in [1.807, 2.05) is 24.3 Å². The number of hydrogen-bond donors (Lipinski definition) is 2. The summed E-state index contributed by atoms with van der Waals surface area (Å²) < 4.78 is 11.6. The van der Waals surface area contributed by atoms with E-state index in [0.29, 0.717) is 42.0 Å². The minimum atomic E-state index is -0.122. The molecule has 0 unspecified atom stereocenters. The highest BCUT2D eigenvalue weighted by Gasteiger charge is 2.23. The molecule has 0 radical (unpaired) electrons. The van der Waals surface area contributed by atoms with Gasteiger partial charge in [-0.05, 0) is 44.0 Å². The zero-order valence-corrected chi connectivity index (χ0v) is 14.9. The lowest BCUT2D eigenvalue weighted by atomic mass is 9.99. The maximum atomic E-state index is 12.1. The summed E-state index contributed by atoms with van der Waals surface area (Å²) in [6, 6.07) is 7.35. The van der Waals surface area contributed by atoms with Crippen molar-refractivity contribution in [3.63, 3.8) is 0 Å². The molecule has 0 bridgehead atoms. The van der Waals surface area contributed by atoms with Gasteiger partial charge in [-0.15, -0.1) is 0 Å². The third-order valence-corrected chi connectivity index (χ3v) is 4.58. The summed E-state index contributed by atoms with van der Waals surface area (Å²) in [6.07, 6.45) is 3.57. The van der Waals surface area contributed by atoms with Gasteiger partial charge in [0.15, 0.2) is 0 Å². The number of hydrogen-bond acceptors (Lipinski definition) is 4. The Bertz CT molecular complexity index is 694. The van der Waals surface area contributed by atoms with Crippen molar-refractivity contribution in [1.82, 2.24) is 15.5 Å². The van der Waals surface area contributed by atoms with Crippen LogP contribution >= 0.6 is 11.6 Å². The number of aromatic amines is 1. The van der Waals surface area contributed by atoms with Gasteiger partial charge in [0.25, 0.3) is 5.91 Å². The number of nitrogens with one attached hydrogen (secondary N) is 2. The number of carbonyl (C=O) groups is 1. The Hall–Kier alpha value is -2.05. The third-order valence-electron chi connectivity index (χ3n) is 4.33. The van der Waals surface area contributed by atoms with Crippen molar-refractivity contribution in [1.29, 1.82) is 0 Å². The quantitative estimate of drug-likeness (QED) is 0.827. The fraction of sp³-hybridized carbons (Fsp3) is 0.444. The fourth-order valence-electron chi connectivity index (χ4n) is 2.79. The molecule has 6 nitrogen and oxygen atoms in total. The number of ether oxygens (including phenoxy) is 2. The summed E-state index contributed by atoms with van der Waals surface area (Å²) in [5.41, 5.74) is 1.27. The van der Waals surface area contributed by atoms with Crippen LogP contribution < -0.4 is 10.1 Å². The van der Waals surface area contributed by atoms with Crippen LogP contribution in [0.15, 0.2) is 30.5 Å². The van der Waals surface area contributed by atoms with Gasteiger partial charge < -0.3 is 14.8 Å². The summed E-state index contributed by atoms with van der Waals surface area (Å²) in [4.78, 5) is 12.1. The normalized spacial score (nSPS) is 20.2. The van der Waals surface area contributed by atoms with Crippen molar-refractivity contribution in [2.45, 2.75) is 25.9 Å². The predicted molar refractivity (Wildman–Crippen MR) is 95.1 cm³/mol. The van der Waals surface area contributed by atoms with Crippen LogP contribution in [-0.4, -0.2) is 42.0 Å². The third kappa shape index (κ3) is 4.96. The van der Waals surface area contributed by atoms with Crippen LogP contribution in [0.4, 0.5) is 0 Å². The molecule has 1 aliphatic rings. The molecule has 1 aromatic heterocycles. The molecule has 25 heavy (non-hydrogen) atoms. The van der Waals surface area contributed by atoms with E-state index in [9.17, 15) is 4.79 Å². The Morgan fingerprint density at radius 3 is 2.84 bits per heavy atom. The monoisotopic (exact) mass is 363 g/mol. The van der Waals surface area contributed by atoms with E-state index >= 15 is 0 Å². The molecule has 0 saturated carbocycles. The van der Waals surface area contributed by atoms with Crippen LogP contribution in [0.5, 0.6) is 5.75 Å². The first-order chi connectivity index (χ1) is 12.1. The number of amides is 1. The number of carbonyl (C=O) groups excluding carboxylic acids is 1. The van der Waals surface area contributed by atoms with Crippen molar-refractivity contribution in [2.75, 3.05) is 19.8 Å². The van der Waals surface area contributed by atoms with Crippen LogP contribution in [0.1, 0.15) is 28.9 Å². The summed E-state index contributed by atoms with van der Waals surface area (Å²) >= 11 is 5.86. The van der Waals surface area contributed by atoms with Crippen molar-refractivity contribution >= 4 is 17.5 Å². The molecule has 0 spiro atoms. The minimum Gasteiger partial charge on any atom is -0.493 e. The molecule has 0 aliphatic carbocycles. The highest BCUT2D eigenvalue weighted by molar-refractivity contribution is 6.30. The van der Waals surface area contributed by atoms with Gasteiger partial charge in [0, 0.05) is 23.7 Å². The largest absolute Gasteiger partial charge is 0.493 e. The zero-order valence-electron chi connectivity index (χ0n) is 14.1. The fourth-order valence-corrected chi connectivity index (χ4v) is 2.91. The molecule has 2 heterocycles. The van der Waals surface area contributed by atoms with E-state index in [-0.39, 0.29) is 12.0 Å². The number of aromatic nitrogens is 2. The molecule has 1 aliphatic heterocycles. The smallest absolute Gasteiger partial charge is 0.254 e. The van der Waals surface area contributed by atoms with Gasteiger partial charge in [-0.3, -0.25) is 9.89 Å². The van der Waals surface area contributed by atoms with Crippen LogP contribution in [0, 0.1) is 12.8 Å². The van der Waals surface area contributed by atoms with Gasteiger partial charge >= 0.3 is 0 Å². The van der Waals surface area contributed by atoms with Crippen LogP contribution in [-0.2, 0) is 4.74 Å². The Balaban J connectivity index is 1.36. The van der Waals surface area contributed by atoms with Crippen molar-refractivity contribution in [3.8, 4) is 5.75 Å². The van der Waals surface area contributed by atoms with Crippen LogP contribution in [0.25, 0.3) is 0 Å². The van der Waals surface area contributed by atoms with E-state index < -0.39 is 0 Å². The highest BCUT2D eigenvalue weighted by Crippen LogP contribution is 2.21. The molecule has 2 atom stereocenters. The molecular weight excluding hydrogens is 342 g/mol. The first kappa shape index (κ1) is 17.8. The van der Waals surface area contributed by atoms with Gasteiger partial charge in [-0.2, -0.15) is 5.10 Å². The lowest BCUT2D eigenvalue weighted by Gasteiger charge is -2.29. The molecule has 3 rings (SSSR count). The van der Waals surface area contributed by atoms with E-state index in [4.69, 9.17) is 21.1 Å². The van der Waals surface area contributed by atoms with E-state index in [0.717, 1.165) is 18.6 Å². The Kier molecular flexibility index (Phi) is 5.94. The maximum Gasteiger partial charge on any atom is 0.254 e. The number of aryl methyl sites for hydroxylation is 1. The number of benzene rings is 1. The number of nitrogens with zero attached hydrogens (tertiary/aromatic N) is 1. The molecule has 1 fully saturated rings. The Morgan fingerprint density at radius 2 is 2.20 bits per heavy atom. The van der Waals surface area contributed by atoms with Gasteiger partial charge in [0.2, 0.25) is 0 Å². The van der Waals surface area contributed by atoms with Gasteiger partial charge in [0.05, 0.1) is 30.6 Å². The minimum absolute atomic E-state index is 0.0444. The molecular formula is C18H22ClN3O3. The Morgan fingerprint density at radius 1 is 1.40 bits per heavy atom. The molecule has 2 N–H and O–H groups in total. The molecule has 134 valence electrons. The second-order valence-corrected chi connectivity index (χ2v) is 6.69. The first-order valence-electron chi connectivity index (χ1n) is 8.40. The summed E-state index contributed by atoms with van der Waals surface area (Å²) in [5, 5.41) is 10.2.